The standard InChI is InChI=1S/C21H20ClFN4O/c22-15-5-4-6-17(13-15)27-12-9-18(25-27)21(28)24-19-14-16(23)7-8-20(19)26-10-2-1-3-11-26/h4-9,12-14H,1-3,10-11H2,(H,24,28). The van der Waals surface area contributed by atoms with Crippen molar-refractivity contribution in [3.63, 3.8) is 0 Å². The summed E-state index contributed by atoms with van der Waals surface area (Å²) in [6.07, 6.45) is 5.07. The molecule has 0 radical (unpaired) electrons. The second-order valence-corrected chi connectivity index (χ2v) is 7.23. The van der Waals surface area contributed by atoms with Crippen LogP contribution in [0, 0.1) is 5.82 Å². The van der Waals surface area contributed by atoms with Gasteiger partial charge in [-0.25, -0.2) is 9.07 Å². The summed E-state index contributed by atoms with van der Waals surface area (Å²) in [5.41, 5.74) is 2.30. The van der Waals surface area contributed by atoms with Crippen LogP contribution in [0.15, 0.2) is 54.7 Å². The number of carbonyl (C=O) groups is 1. The van der Waals surface area contributed by atoms with Crippen LogP contribution in [0.5, 0.6) is 0 Å². The van der Waals surface area contributed by atoms with Crippen molar-refractivity contribution in [1.29, 1.82) is 0 Å². The van der Waals surface area contributed by atoms with Gasteiger partial charge in [-0.2, -0.15) is 5.10 Å². The van der Waals surface area contributed by atoms with Crippen LogP contribution < -0.4 is 10.2 Å². The van der Waals surface area contributed by atoms with Crippen molar-refractivity contribution in [2.45, 2.75) is 19.3 Å². The van der Waals surface area contributed by atoms with Gasteiger partial charge in [0.15, 0.2) is 5.69 Å². The fourth-order valence-electron chi connectivity index (χ4n) is 3.41. The van der Waals surface area contributed by atoms with Gasteiger partial charge in [-0.15, -0.1) is 0 Å². The van der Waals surface area contributed by atoms with Gasteiger partial charge in [0.25, 0.3) is 5.91 Å². The molecule has 1 aromatic heterocycles. The summed E-state index contributed by atoms with van der Waals surface area (Å²) in [7, 11) is 0. The third kappa shape index (κ3) is 4.02. The number of nitrogens with zero attached hydrogens (tertiary/aromatic N) is 3. The van der Waals surface area contributed by atoms with E-state index in [1.807, 2.05) is 12.1 Å². The van der Waals surface area contributed by atoms with Gasteiger partial charge in [-0.1, -0.05) is 17.7 Å². The van der Waals surface area contributed by atoms with Crippen molar-refractivity contribution >= 4 is 28.9 Å². The minimum Gasteiger partial charge on any atom is -0.370 e. The average Bonchev–Trinajstić information content (AvgIpc) is 3.19. The molecule has 2 aromatic carbocycles. The number of piperidine rings is 1. The number of nitrogens with one attached hydrogen (secondary N) is 1. The second kappa shape index (κ2) is 8.02. The lowest BCUT2D eigenvalue weighted by Gasteiger charge is -2.30. The number of rotatable bonds is 4. The normalized spacial score (nSPS) is 14.1. The summed E-state index contributed by atoms with van der Waals surface area (Å²) >= 11 is 6.02. The lowest BCUT2D eigenvalue weighted by Crippen LogP contribution is -2.30. The van der Waals surface area contributed by atoms with Gasteiger partial charge in [0.2, 0.25) is 0 Å². The number of benzene rings is 2. The summed E-state index contributed by atoms with van der Waals surface area (Å²) in [4.78, 5) is 14.9. The molecule has 0 bridgehead atoms. The largest absolute Gasteiger partial charge is 0.370 e. The van der Waals surface area contributed by atoms with Crippen LogP contribution in [0.2, 0.25) is 5.02 Å². The third-order valence-corrected chi connectivity index (χ3v) is 5.03. The van der Waals surface area contributed by atoms with Crippen LogP contribution >= 0.6 is 11.6 Å². The van der Waals surface area contributed by atoms with Crippen molar-refractivity contribution in [2.24, 2.45) is 0 Å². The van der Waals surface area contributed by atoms with Crippen LogP contribution in [0.25, 0.3) is 5.69 Å². The van der Waals surface area contributed by atoms with E-state index in [2.05, 4.69) is 15.3 Å². The highest BCUT2D eigenvalue weighted by Gasteiger charge is 2.18. The molecule has 1 fully saturated rings. The molecule has 1 aliphatic heterocycles. The molecule has 2 heterocycles. The number of amides is 1. The van der Waals surface area contributed by atoms with Gasteiger partial charge in [0.05, 0.1) is 17.1 Å². The fourth-order valence-corrected chi connectivity index (χ4v) is 3.60. The lowest BCUT2D eigenvalue weighted by molar-refractivity contribution is 0.102. The topological polar surface area (TPSA) is 50.2 Å². The molecule has 0 saturated carbocycles. The summed E-state index contributed by atoms with van der Waals surface area (Å²) in [6.45, 7) is 1.80. The quantitative estimate of drug-likeness (QED) is 0.679. The van der Waals surface area contributed by atoms with Gasteiger partial charge in [0, 0.05) is 24.3 Å². The zero-order valence-corrected chi connectivity index (χ0v) is 16.0. The minimum absolute atomic E-state index is 0.244. The first-order chi connectivity index (χ1) is 13.6. The number of hydrogen-bond acceptors (Lipinski definition) is 3. The smallest absolute Gasteiger partial charge is 0.276 e. The highest BCUT2D eigenvalue weighted by atomic mass is 35.5. The second-order valence-electron chi connectivity index (χ2n) is 6.79. The highest BCUT2D eigenvalue weighted by Crippen LogP contribution is 2.29. The van der Waals surface area contributed by atoms with E-state index in [0.717, 1.165) is 37.3 Å². The van der Waals surface area contributed by atoms with Gasteiger partial charge < -0.3 is 10.2 Å². The maximum atomic E-state index is 13.8. The molecule has 0 spiro atoms. The first-order valence-corrected chi connectivity index (χ1v) is 9.65. The number of halogens is 2. The first kappa shape index (κ1) is 18.5. The lowest BCUT2D eigenvalue weighted by atomic mass is 10.1. The van der Waals surface area contributed by atoms with E-state index < -0.39 is 0 Å². The van der Waals surface area contributed by atoms with Gasteiger partial charge in [0.1, 0.15) is 5.82 Å². The number of hydrogen-bond donors (Lipinski definition) is 1. The molecule has 3 aromatic rings. The van der Waals surface area contributed by atoms with E-state index in [9.17, 15) is 9.18 Å². The zero-order valence-electron chi connectivity index (χ0n) is 15.2. The number of aromatic nitrogens is 2. The highest BCUT2D eigenvalue weighted by molar-refractivity contribution is 6.30. The van der Waals surface area contributed by atoms with Gasteiger partial charge in [-0.05, 0) is 61.7 Å². The Morgan fingerprint density at radius 2 is 1.89 bits per heavy atom. The minimum atomic E-state index is -0.388. The van der Waals surface area contributed by atoms with Crippen molar-refractivity contribution < 1.29 is 9.18 Å². The first-order valence-electron chi connectivity index (χ1n) is 9.27. The molecular formula is C21H20ClFN4O. The van der Waals surface area contributed by atoms with E-state index in [1.165, 1.54) is 18.6 Å². The molecule has 5 nitrogen and oxygen atoms in total. The molecule has 0 aliphatic carbocycles. The molecule has 7 heteroatoms. The summed E-state index contributed by atoms with van der Waals surface area (Å²) in [5, 5.41) is 7.73. The predicted molar refractivity (Wildman–Crippen MR) is 109 cm³/mol. The monoisotopic (exact) mass is 398 g/mol. The van der Waals surface area contributed by atoms with Crippen molar-refractivity contribution in [2.75, 3.05) is 23.3 Å². The van der Waals surface area contributed by atoms with Gasteiger partial charge in [-0.3, -0.25) is 4.79 Å². The summed E-state index contributed by atoms with van der Waals surface area (Å²) in [6, 6.07) is 13.3. The molecule has 1 aliphatic rings. The summed E-state index contributed by atoms with van der Waals surface area (Å²) in [5.74, 6) is -0.773. The predicted octanol–water partition coefficient (Wildman–Crippen LogP) is 4.91. The number of anilines is 2. The molecule has 1 amide bonds. The average molecular weight is 399 g/mol. The maximum absolute atomic E-state index is 13.8. The van der Waals surface area contributed by atoms with Crippen LogP contribution in [-0.2, 0) is 0 Å². The van der Waals surface area contributed by atoms with Crippen LogP contribution in [-0.4, -0.2) is 28.8 Å². The van der Waals surface area contributed by atoms with Crippen molar-refractivity contribution in [1.82, 2.24) is 9.78 Å². The Kier molecular flexibility index (Phi) is 5.30. The van der Waals surface area contributed by atoms with Crippen LogP contribution in [0.3, 0.4) is 0 Å². The molecule has 28 heavy (non-hydrogen) atoms. The SMILES string of the molecule is O=C(Nc1cc(F)ccc1N1CCCCC1)c1ccn(-c2cccc(Cl)c2)n1. The molecule has 144 valence electrons. The Bertz CT molecular complexity index is 998. The third-order valence-electron chi connectivity index (χ3n) is 4.80. The van der Waals surface area contributed by atoms with Crippen LogP contribution in [0.1, 0.15) is 29.8 Å². The zero-order chi connectivity index (χ0) is 19.5. The summed E-state index contributed by atoms with van der Waals surface area (Å²) < 4.78 is 15.4. The Morgan fingerprint density at radius 3 is 2.68 bits per heavy atom. The van der Waals surface area contributed by atoms with Crippen molar-refractivity contribution in [3.8, 4) is 5.69 Å². The van der Waals surface area contributed by atoms with E-state index >= 15 is 0 Å². The molecule has 4 rings (SSSR count). The van der Waals surface area contributed by atoms with Crippen LogP contribution in [0.4, 0.5) is 15.8 Å². The van der Waals surface area contributed by atoms with E-state index in [4.69, 9.17) is 11.6 Å². The molecular weight excluding hydrogens is 379 g/mol. The molecule has 0 unspecified atom stereocenters. The molecule has 0 atom stereocenters. The Hall–Kier alpha value is -2.86. The van der Waals surface area contributed by atoms with Crippen molar-refractivity contribution in [3.05, 3.63) is 71.3 Å². The number of carbonyl (C=O) groups excluding carboxylic acids is 1. The van der Waals surface area contributed by atoms with E-state index in [0.29, 0.717) is 10.7 Å². The maximum Gasteiger partial charge on any atom is 0.276 e. The van der Waals surface area contributed by atoms with Gasteiger partial charge >= 0.3 is 0 Å². The van der Waals surface area contributed by atoms with E-state index in [1.54, 1.807) is 35.1 Å². The van der Waals surface area contributed by atoms with E-state index in [-0.39, 0.29) is 17.4 Å². The Balaban J connectivity index is 1.56. The fraction of sp³-hybridized carbons (Fsp3) is 0.238. The molecule has 1 saturated heterocycles. The Labute approximate surface area is 167 Å². The Morgan fingerprint density at radius 1 is 1.07 bits per heavy atom. The molecule has 1 N–H and O–H groups in total.